The van der Waals surface area contributed by atoms with Gasteiger partial charge in [0.05, 0.1) is 5.69 Å². The van der Waals surface area contributed by atoms with E-state index in [4.69, 9.17) is 9.15 Å². The minimum absolute atomic E-state index is 0.0498. The summed E-state index contributed by atoms with van der Waals surface area (Å²) in [5, 5.41) is 12.6. The van der Waals surface area contributed by atoms with Crippen LogP contribution in [0.15, 0.2) is 16.7 Å². The molecule has 0 radical (unpaired) electrons. The van der Waals surface area contributed by atoms with Crippen LogP contribution in [0.2, 0.25) is 0 Å². The lowest BCUT2D eigenvalue weighted by Gasteiger charge is -2.14. The van der Waals surface area contributed by atoms with Crippen LogP contribution in [0.25, 0.3) is 0 Å². The van der Waals surface area contributed by atoms with Crippen molar-refractivity contribution in [3.63, 3.8) is 0 Å². The molecule has 1 aliphatic rings. The van der Waals surface area contributed by atoms with Crippen molar-refractivity contribution in [1.82, 2.24) is 20.5 Å². The Balaban J connectivity index is 1.49. The number of anilines is 1. The molecule has 1 saturated carbocycles. The van der Waals surface area contributed by atoms with Crippen LogP contribution >= 0.6 is 0 Å². The number of nitrogens with zero attached hydrogens (tertiary/aromatic N) is 2. The smallest absolute Gasteiger partial charge is 0.407 e. The maximum atomic E-state index is 12.1. The number of ether oxygens (including phenoxy) is 1. The van der Waals surface area contributed by atoms with E-state index in [1.807, 2.05) is 19.9 Å². The molecular formula is C18H25N5O4. The van der Waals surface area contributed by atoms with E-state index in [9.17, 15) is 9.59 Å². The molecule has 0 aliphatic heterocycles. The van der Waals surface area contributed by atoms with E-state index in [2.05, 4.69) is 25.8 Å². The number of rotatable bonds is 6. The zero-order valence-electron chi connectivity index (χ0n) is 15.7. The topological polar surface area (TPSA) is 122 Å². The Morgan fingerprint density at radius 1 is 1.41 bits per heavy atom. The molecule has 2 unspecified atom stereocenters. The summed E-state index contributed by atoms with van der Waals surface area (Å²) in [7, 11) is 0. The van der Waals surface area contributed by atoms with Crippen LogP contribution in [-0.2, 0) is 16.0 Å². The van der Waals surface area contributed by atoms with Gasteiger partial charge in [-0.25, -0.2) is 9.78 Å². The predicted octanol–water partition coefficient (Wildman–Crippen LogP) is 2.66. The molecule has 2 aromatic rings. The van der Waals surface area contributed by atoms with Crippen molar-refractivity contribution in [2.24, 2.45) is 0 Å². The summed E-state index contributed by atoms with van der Waals surface area (Å²) in [6, 6.07) is 1.87. The summed E-state index contributed by atoms with van der Waals surface area (Å²) in [6.45, 7) is 5.58. The molecule has 1 fully saturated rings. The highest BCUT2D eigenvalue weighted by Crippen LogP contribution is 2.35. The van der Waals surface area contributed by atoms with Gasteiger partial charge in [0.25, 0.3) is 0 Å². The highest BCUT2D eigenvalue weighted by molar-refractivity contribution is 5.90. The van der Waals surface area contributed by atoms with Crippen molar-refractivity contribution in [2.75, 3.05) is 5.32 Å². The maximum absolute atomic E-state index is 12.1. The molecule has 1 aliphatic carbocycles. The third-order valence-corrected chi connectivity index (χ3v) is 4.35. The van der Waals surface area contributed by atoms with E-state index in [0.29, 0.717) is 11.7 Å². The molecule has 2 heterocycles. The number of aryl methyl sites for hydroxylation is 1. The molecule has 3 rings (SSSR count). The molecule has 0 aromatic carbocycles. The highest BCUT2D eigenvalue weighted by atomic mass is 16.6. The Bertz CT molecular complexity index is 797. The van der Waals surface area contributed by atoms with E-state index >= 15 is 0 Å². The van der Waals surface area contributed by atoms with Crippen molar-refractivity contribution in [2.45, 2.75) is 64.5 Å². The Morgan fingerprint density at radius 2 is 2.22 bits per heavy atom. The summed E-state index contributed by atoms with van der Waals surface area (Å²) in [5.41, 5.74) is 1.66. The molecule has 0 spiro atoms. The monoisotopic (exact) mass is 375 g/mol. The lowest BCUT2D eigenvalue weighted by atomic mass is 10.0. The highest BCUT2D eigenvalue weighted by Gasteiger charge is 2.30. The van der Waals surface area contributed by atoms with Crippen LogP contribution in [0.5, 0.6) is 0 Å². The number of hydrogen-bond acceptors (Lipinski definition) is 6. The van der Waals surface area contributed by atoms with Gasteiger partial charge in [-0.05, 0) is 40.0 Å². The summed E-state index contributed by atoms with van der Waals surface area (Å²) < 4.78 is 10.6. The number of hydrogen-bond donors (Lipinski definition) is 3. The minimum atomic E-state index is -0.380. The lowest BCUT2D eigenvalue weighted by molar-refractivity contribution is -0.115. The standard InChI is InChI=1S/C18H25N5O4/c1-10(2)19-18(25)27-13-5-4-12(6-13)14-7-15(23-22-14)21-16(24)8-17-20-11(3)9-26-17/h7,9-10,12-13H,4-6,8H2,1-3H3,(H,19,25)(H2,21,22,23,24). The van der Waals surface area contributed by atoms with Crippen LogP contribution in [-0.4, -0.2) is 39.3 Å². The van der Waals surface area contributed by atoms with E-state index in [1.165, 1.54) is 6.26 Å². The third-order valence-electron chi connectivity index (χ3n) is 4.35. The summed E-state index contributed by atoms with van der Waals surface area (Å²) in [6.07, 6.45) is 3.51. The lowest BCUT2D eigenvalue weighted by Crippen LogP contribution is -2.33. The number of carbonyl (C=O) groups is 2. The number of aromatic amines is 1. The van der Waals surface area contributed by atoms with Crippen molar-refractivity contribution < 1.29 is 18.7 Å². The number of H-pyrrole nitrogens is 1. The zero-order chi connectivity index (χ0) is 19.4. The quantitative estimate of drug-likeness (QED) is 0.713. The second-order valence-corrected chi connectivity index (χ2v) is 7.15. The van der Waals surface area contributed by atoms with Crippen molar-refractivity contribution in [3.05, 3.63) is 29.6 Å². The average molecular weight is 375 g/mol. The molecule has 9 heteroatoms. The third kappa shape index (κ3) is 5.32. The molecule has 3 N–H and O–H groups in total. The van der Waals surface area contributed by atoms with E-state index in [1.54, 1.807) is 6.92 Å². The fourth-order valence-corrected chi connectivity index (χ4v) is 3.17. The molecule has 0 saturated heterocycles. The number of nitrogens with one attached hydrogen (secondary N) is 3. The minimum Gasteiger partial charge on any atom is -0.448 e. The largest absolute Gasteiger partial charge is 0.448 e. The first kappa shape index (κ1) is 18.9. The second kappa shape index (κ2) is 8.24. The van der Waals surface area contributed by atoms with Crippen LogP contribution in [0.1, 0.15) is 56.3 Å². The van der Waals surface area contributed by atoms with Gasteiger partial charge >= 0.3 is 6.09 Å². The van der Waals surface area contributed by atoms with Gasteiger partial charge in [0.1, 0.15) is 18.8 Å². The molecule has 2 amide bonds. The molecule has 146 valence electrons. The van der Waals surface area contributed by atoms with Crippen LogP contribution in [0.3, 0.4) is 0 Å². The maximum Gasteiger partial charge on any atom is 0.407 e. The predicted molar refractivity (Wildman–Crippen MR) is 97.3 cm³/mol. The Morgan fingerprint density at radius 3 is 2.93 bits per heavy atom. The van der Waals surface area contributed by atoms with Gasteiger partial charge < -0.3 is 19.8 Å². The number of carbonyl (C=O) groups excluding carboxylic acids is 2. The number of amides is 2. The van der Waals surface area contributed by atoms with Gasteiger partial charge in [-0.1, -0.05) is 0 Å². The second-order valence-electron chi connectivity index (χ2n) is 7.15. The summed E-state index contributed by atoms with van der Waals surface area (Å²) in [4.78, 5) is 27.9. The summed E-state index contributed by atoms with van der Waals surface area (Å²) in [5.74, 6) is 0.804. The first-order chi connectivity index (χ1) is 12.9. The Kier molecular flexibility index (Phi) is 5.78. The first-order valence-corrected chi connectivity index (χ1v) is 9.12. The average Bonchev–Trinajstić information content (AvgIpc) is 3.28. The molecule has 27 heavy (non-hydrogen) atoms. The first-order valence-electron chi connectivity index (χ1n) is 9.12. The van der Waals surface area contributed by atoms with Gasteiger partial charge in [-0.2, -0.15) is 5.10 Å². The van der Waals surface area contributed by atoms with Gasteiger partial charge in [-0.3, -0.25) is 9.89 Å². The van der Waals surface area contributed by atoms with Crippen molar-refractivity contribution >= 4 is 17.8 Å². The van der Waals surface area contributed by atoms with Crippen LogP contribution in [0, 0.1) is 6.92 Å². The Labute approximate surface area is 157 Å². The van der Waals surface area contributed by atoms with E-state index in [0.717, 1.165) is 30.7 Å². The molecule has 0 bridgehead atoms. The fourth-order valence-electron chi connectivity index (χ4n) is 3.17. The molecular weight excluding hydrogens is 350 g/mol. The van der Waals surface area contributed by atoms with Crippen molar-refractivity contribution in [3.8, 4) is 0 Å². The number of oxazole rings is 1. The van der Waals surface area contributed by atoms with Gasteiger partial charge in [0.2, 0.25) is 11.8 Å². The molecule has 9 nitrogen and oxygen atoms in total. The van der Waals surface area contributed by atoms with Gasteiger partial charge in [-0.15, -0.1) is 0 Å². The molecule has 2 aromatic heterocycles. The van der Waals surface area contributed by atoms with E-state index in [-0.39, 0.29) is 36.5 Å². The van der Waals surface area contributed by atoms with Crippen LogP contribution < -0.4 is 10.6 Å². The van der Waals surface area contributed by atoms with Gasteiger partial charge in [0.15, 0.2) is 5.82 Å². The van der Waals surface area contributed by atoms with Gasteiger partial charge in [0, 0.05) is 23.7 Å². The van der Waals surface area contributed by atoms with Crippen molar-refractivity contribution in [1.29, 1.82) is 0 Å². The fraction of sp³-hybridized carbons (Fsp3) is 0.556. The summed E-state index contributed by atoms with van der Waals surface area (Å²) >= 11 is 0. The number of aromatic nitrogens is 3. The zero-order valence-corrected chi connectivity index (χ0v) is 15.7. The SMILES string of the molecule is Cc1coc(CC(=O)Nc2cc(C3CCC(OC(=O)NC(C)C)C3)[nH]n2)n1. The van der Waals surface area contributed by atoms with Crippen LogP contribution in [0.4, 0.5) is 10.6 Å². The molecule has 2 atom stereocenters. The number of alkyl carbamates (subject to hydrolysis) is 1. The Hall–Kier alpha value is -2.84. The normalized spacial score (nSPS) is 19.3. The van der Waals surface area contributed by atoms with E-state index < -0.39 is 0 Å².